The number of nitrogens with one attached hydrogen (secondary N) is 2. The molecule has 1 amide bonds. The zero-order chi connectivity index (χ0) is 16.1. The van der Waals surface area contributed by atoms with E-state index in [0.29, 0.717) is 6.54 Å². The molecule has 0 radical (unpaired) electrons. The van der Waals surface area contributed by atoms with Gasteiger partial charge in [-0.3, -0.25) is 9.78 Å². The van der Waals surface area contributed by atoms with Crippen molar-refractivity contribution in [2.75, 3.05) is 11.9 Å². The lowest BCUT2D eigenvalue weighted by atomic mass is 10.1. The zero-order valence-corrected chi connectivity index (χ0v) is 13.0. The van der Waals surface area contributed by atoms with Crippen molar-refractivity contribution in [1.82, 2.24) is 10.3 Å². The van der Waals surface area contributed by atoms with Crippen molar-refractivity contribution in [3.8, 4) is 0 Å². The fourth-order valence-corrected chi connectivity index (χ4v) is 2.54. The molecule has 1 heterocycles. The van der Waals surface area contributed by atoms with Gasteiger partial charge < -0.3 is 10.6 Å². The molecule has 3 rings (SSSR count). The molecular weight excluding hydrogens is 286 g/mol. The molecular formula is C19H19N3O. The van der Waals surface area contributed by atoms with E-state index < -0.39 is 0 Å². The Bertz CT molecular complexity index is 824. The maximum Gasteiger partial charge on any atom is 0.238 e. The molecule has 0 fully saturated rings. The van der Waals surface area contributed by atoms with Gasteiger partial charge in [0.2, 0.25) is 5.91 Å². The minimum atomic E-state index is -0.0733. The molecule has 0 bridgehead atoms. The smallest absolute Gasteiger partial charge is 0.238 e. The van der Waals surface area contributed by atoms with Crippen LogP contribution in [0.3, 0.4) is 0 Å². The van der Waals surface area contributed by atoms with Crippen LogP contribution in [0.15, 0.2) is 60.8 Å². The van der Waals surface area contributed by atoms with Crippen molar-refractivity contribution in [3.05, 3.63) is 71.9 Å². The maximum atomic E-state index is 12.1. The summed E-state index contributed by atoms with van der Waals surface area (Å²) in [5.41, 5.74) is 3.94. The lowest BCUT2D eigenvalue weighted by Gasteiger charge is -2.09. The van der Waals surface area contributed by atoms with Crippen molar-refractivity contribution in [1.29, 1.82) is 0 Å². The second-order valence-electron chi connectivity index (χ2n) is 5.52. The maximum absolute atomic E-state index is 12.1. The molecule has 0 saturated carbocycles. The first-order valence-electron chi connectivity index (χ1n) is 7.62. The third-order valence-electron chi connectivity index (χ3n) is 3.60. The van der Waals surface area contributed by atoms with Gasteiger partial charge in [0.25, 0.3) is 0 Å². The van der Waals surface area contributed by atoms with Gasteiger partial charge in [-0.2, -0.15) is 0 Å². The molecule has 0 atom stereocenters. The fourth-order valence-electron chi connectivity index (χ4n) is 2.54. The predicted octanol–water partition coefficient (Wildman–Crippen LogP) is 3.27. The third kappa shape index (κ3) is 3.93. The number of pyridine rings is 1. The van der Waals surface area contributed by atoms with Gasteiger partial charge in [-0.1, -0.05) is 48.0 Å². The number of fused-ring (bicyclic) bond motifs is 1. The van der Waals surface area contributed by atoms with Crippen molar-refractivity contribution in [2.24, 2.45) is 0 Å². The van der Waals surface area contributed by atoms with Crippen LogP contribution in [0.1, 0.15) is 11.1 Å². The van der Waals surface area contributed by atoms with E-state index in [2.05, 4.69) is 34.7 Å². The van der Waals surface area contributed by atoms with Crippen molar-refractivity contribution >= 4 is 22.5 Å². The standard InChI is InChI=1S/C19H19N3O/c1-14-5-2-6-15(11-14)12-20-13-18(23)22-17-9-3-7-16-8-4-10-21-19(16)17/h2-11,20H,12-13H2,1H3,(H,22,23). The fraction of sp³-hybridized carbons (Fsp3) is 0.158. The van der Waals surface area contributed by atoms with Crippen molar-refractivity contribution in [2.45, 2.75) is 13.5 Å². The minimum Gasteiger partial charge on any atom is -0.323 e. The van der Waals surface area contributed by atoms with E-state index in [1.807, 2.05) is 42.5 Å². The molecule has 1 aromatic heterocycles. The molecule has 116 valence electrons. The van der Waals surface area contributed by atoms with Gasteiger partial charge in [0.15, 0.2) is 0 Å². The quantitative estimate of drug-likeness (QED) is 0.760. The molecule has 2 N–H and O–H groups in total. The van der Waals surface area contributed by atoms with Crippen LogP contribution in [0.5, 0.6) is 0 Å². The first kappa shape index (κ1) is 15.2. The number of aromatic nitrogens is 1. The van der Waals surface area contributed by atoms with E-state index in [9.17, 15) is 4.79 Å². The number of carbonyl (C=O) groups is 1. The summed E-state index contributed by atoms with van der Waals surface area (Å²) >= 11 is 0. The summed E-state index contributed by atoms with van der Waals surface area (Å²) in [5.74, 6) is -0.0733. The van der Waals surface area contributed by atoms with Gasteiger partial charge in [-0.15, -0.1) is 0 Å². The summed E-state index contributed by atoms with van der Waals surface area (Å²) in [4.78, 5) is 16.4. The highest BCUT2D eigenvalue weighted by atomic mass is 16.1. The summed E-state index contributed by atoms with van der Waals surface area (Å²) in [6, 6.07) is 17.9. The van der Waals surface area contributed by atoms with Crippen LogP contribution in [-0.4, -0.2) is 17.4 Å². The van der Waals surface area contributed by atoms with E-state index in [-0.39, 0.29) is 12.5 Å². The second-order valence-corrected chi connectivity index (χ2v) is 5.52. The van der Waals surface area contributed by atoms with Crippen molar-refractivity contribution < 1.29 is 4.79 Å². The van der Waals surface area contributed by atoms with Gasteiger partial charge in [0.1, 0.15) is 0 Å². The number of carbonyl (C=O) groups excluding carboxylic acids is 1. The number of para-hydroxylation sites is 1. The molecule has 23 heavy (non-hydrogen) atoms. The first-order chi connectivity index (χ1) is 11.2. The Morgan fingerprint density at radius 2 is 1.91 bits per heavy atom. The summed E-state index contributed by atoms with van der Waals surface area (Å²) in [6.45, 7) is 2.99. The molecule has 4 nitrogen and oxygen atoms in total. The lowest BCUT2D eigenvalue weighted by molar-refractivity contribution is -0.115. The zero-order valence-electron chi connectivity index (χ0n) is 13.0. The SMILES string of the molecule is Cc1cccc(CNCC(=O)Nc2cccc3cccnc23)c1. The predicted molar refractivity (Wildman–Crippen MR) is 93.3 cm³/mol. The Kier molecular flexibility index (Phi) is 4.64. The van der Waals surface area contributed by atoms with Gasteiger partial charge in [0.05, 0.1) is 17.7 Å². The third-order valence-corrected chi connectivity index (χ3v) is 3.60. The Hall–Kier alpha value is -2.72. The average molecular weight is 305 g/mol. The molecule has 2 aromatic carbocycles. The number of amides is 1. The Labute approximate surface area is 135 Å². The number of benzene rings is 2. The summed E-state index contributed by atoms with van der Waals surface area (Å²) in [5, 5.41) is 7.10. The number of anilines is 1. The average Bonchev–Trinajstić information content (AvgIpc) is 2.55. The van der Waals surface area contributed by atoms with Crippen LogP contribution in [0, 0.1) is 6.92 Å². The van der Waals surface area contributed by atoms with Gasteiger partial charge in [0, 0.05) is 18.1 Å². The number of hydrogen-bond donors (Lipinski definition) is 2. The number of aryl methyl sites for hydroxylation is 1. The van der Waals surface area contributed by atoms with Crippen molar-refractivity contribution in [3.63, 3.8) is 0 Å². The van der Waals surface area contributed by atoms with Gasteiger partial charge >= 0.3 is 0 Å². The molecule has 0 aliphatic rings. The van der Waals surface area contributed by atoms with E-state index in [4.69, 9.17) is 0 Å². The number of nitrogens with zero attached hydrogens (tertiary/aromatic N) is 1. The van der Waals surface area contributed by atoms with Crippen LogP contribution in [0.2, 0.25) is 0 Å². The molecule has 0 aliphatic carbocycles. The van der Waals surface area contributed by atoms with E-state index in [1.54, 1.807) is 6.20 Å². The second kappa shape index (κ2) is 7.03. The van der Waals surface area contributed by atoms with Gasteiger partial charge in [-0.25, -0.2) is 0 Å². The Balaban J connectivity index is 1.59. The Morgan fingerprint density at radius 1 is 1.09 bits per heavy atom. The van der Waals surface area contributed by atoms with Crippen LogP contribution < -0.4 is 10.6 Å². The van der Waals surface area contributed by atoms with E-state index in [0.717, 1.165) is 16.6 Å². The number of rotatable bonds is 5. The highest BCUT2D eigenvalue weighted by molar-refractivity contribution is 6.00. The largest absolute Gasteiger partial charge is 0.323 e. The van der Waals surface area contributed by atoms with E-state index in [1.165, 1.54) is 11.1 Å². The van der Waals surface area contributed by atoms with Crippen LogP contribution in [0.4, 0.5) is 5.69 Å². The van der Waals surface area contributed by atoms with Crippen LogP contribution in [0.25, 0.3) is 10.9 Å². The van der Waals surface area contributed by atoms with Gasteiger partial charge in [-0.05, 0) is 24.6 Å². The first-order valence-corrected chi connectivity index (χ1v) is 7.62. The van der Waals surface area contributed by atoms with Crippen LogP contribution >= 0.6 is 0 Å². The Morgan fingerprint density at radius 3 is 2.78 bits per heavy atom. The number of hydrogen-bond acceptors (Lipinski definition) is 3. The molecule has 0 spiro atoms. The highest BCUT2D eigenvalue weighted by Gasteiger charge is 2.06. The summed E-state index contributed by atoms with van der Waals surface area (Å²) in [7, 11) is 0. The topological polar surface area (TPSA) is 54.0 Å². The summed E-state index contributed by atoms with van der Waals surface area (Å²) < 4.78 is 0. The van der Waals surface area contributed by atoms with E-state index >= 15 is 0 Å². The minimum absolute atomic E-state index is 0.0733. The highest BCUT2D eigenvalue weighted by Crippen LogP contribution is 2.20. The lowest BCUT2D eigenvalue weighted by Crippen LogP contribution is -2.27. The molecule has 0 aliphatic heterocycles. The monoisotopic (exact) mass is 305 g/mol. The molecule has 4 heteroatoms. The van der Waals surface area contributed by atoms with Crippen LogP contribution in [-0.2, 0) is 11.3 Å². The summed E-state index contributed by atoms with van der Waals surface area (Å²) in [6.07, 6.45) is 1.73. The normalized spacial score (nSPS) is 10.7. The molecule has 0 unspecified atom stereocenters. The molecule has 0 saturated heterocycles. The molecule has 3 aromatic rings.